The average molecular weight is 519 g/mol. The van der Waals surface area contributed by atoms with Gasteiger partial charge in [0.15, 0.2) is 5.78 Å². The number of amides is 1. The molecule has 1 saturated carbocycles. The van der Waals surface area contributed by atoms with Gasteiger partial charge in [-0.3, -0.25) is 19.2 Å². The first-order valence-electron chi connectivity index (χ1n) is 13.9. The van der Waals surface area contributed by atoms with Crippen molar-refractivity contribution in [2.45, 2.75) is 77.5 Å². The molecule has 0 bridgehead atoms. The van der Waals surface area contributed by atoms with Crippen molar-refractivity contribution in [1.82, 2.24) is 10.3 Å². The summed E-state index contributed by atoms with van der Waals surface area (Å²) >= 11 is 0. The summed E-state index contributed by atoms with van der Waals surface area (Å²) in [7, 11) is 0. The predicted octanol–water partition coefficient (Wildman–Crippen LogP) is 4.34. The molecule has 38 heavy (non-hydrogen) atoms. The van der Waals surface area contributed by atoms with Crippen LogP contribution in [0.25, 0.3) is 10.9 Å². The maximum absolute atomic E-state index is 14.0. The molecule has 2 N–H and O–H groups in total. The summed E-state index contributed by atoms with van der Waals surface area (Å²) in [5, 5.41) is 4.16. The van der Waals surface area contributed by atoms with Crippen molar-refractivity contribution >= 4 is 34.7 Å². The maximum Gasteiger partial charge on any atom is 0.207 e. The second-order valence-corrected chi connectivity index (χ2v) is 12.0. The van der Waals surface area contributed by atoms with Crippen molar-refractivity contribution in [1.29, 1.82) is 0 Å². The highest BCUT2D eigenvalue weighted by Crippen LogP contribution is 2.56. The van der Waals surface area contributed by atoms with E-state index in [0.717, 1.165) is 29.3 Å². The van der Waals surface area contributed by atoms with Gasteiger partial charge < -0.3 is 15.0 Å². The smallest absolute Gasteiger partial charge is 0.207 e. The Hall–Kier alpha value is -3.06. The molecule has 1 aromatic carbocycles. The SMILES string of the molecule is CC1CC=CC2[C@@H](C(=O)CCC(=O)C(=O)C(C)C1)[C@](C)([C@H](Cc1c[nH]c3ccccc13)NC=O)C[C@H]1O[C@@H]21. The van der Waals surface area contributed by atoms with Crippen LogP contribution in [0, 0.1) is 29.1 Å². The number of aromatic nitrogens is 1. The molecular weight excluding hydrogens is 480 g/mol. The summed E-state index contributed by atoms with van der Waals surface area (Å²) < 4.78 is 6.11. The largest absolute Gasteiger partial charge is 0.369 e. The summed E-state index contributed by atoms with van der Waals surface area (Å²) in [4.78, 5) is 54.6. The van der Waals surface area contributed by atoms with E-state index in [0.29, 0.717) is 19.3 Å². The van der Waals surface area contributed by atoms with E-state index >= 15 is 0 Å². The van der Waals surface area contributed by atoms with E-state index in [-0.39, 0.29) is 60.4 Å². The van der Waals surface area contributed by atoms with Gasteiger partial charge >= 0.3 is 0 Å². The lowest BCUT2D eigenvalue weighted by Crippen LogP contribution is -2.56. The average Bonchev–Trinajstić information content (AvgIpc) is 3.55. The van der Waals surface area contributed by atoms with Crippen molar-refractivity contribution in [2.24, 2.45) is 29.1 Å². The third kappa shape index (κ3) is 5.00. The van der Waals surface area contributed by atoms with E-state index in [9.17, 15) is 19.2 Å². The van der Waals surface area contributed by atoms with Crippen molar-refractivity contribution in [3.05, 3.63) is 48.2 Å². The zero-order chi connectivity index (χ0) is 27.0. The van der Waals surface area contributed by atoms with Crippen molar-refractivity contribution < 1.29 is 23.9 Å². The van der Waals surface area contributed by atoms with Gasteiger partial charge in [0.05, 0.1) is 12.2 Å². The number of allylic oxidation sites excluding steroid dienone is 1. The van der Waals surface area contributed by atoms with Crippen LogP contribution < -0.4 is 5.32 Å². The molecule has 7 heteroatoms. The highest BCUT2D eigenvalue weighted by molar-refractivity contribution is 6.38. The van der Waals surface area contributed by atoms with Crippen LogP contribution in [0.3, 0.4) is 0 Å². The zero-order valence-electron chi connectivity index (χ0n) is 22.4. The molecule has 1 saturated heterocycles. The number of epoxide rings is 1. The second-order valence-electron chi connectivity index (χ2n) is 12.0. The summed E-state index contributed by atoms with van der Waals surface area (Å²) in [6.07, 6.45) is 9.54. The Kier molecular flexibility index (Phi) is 7.40. The number of Topliss-reactive ketones (excluding diaryl/α,β-unsaturated/α-hetero) is 3. The molecule has 2 aliphatic carbocycles. The number of aromatic amines is 1. The lowest BCUT2D eigenvalue weighted by Gasteiger charge is -2.47. The van der Waals surface area contributed by atoms with E-state index in [1.807, 2.05) is 31.3 Å². The van der Waals surface area contributed by atoms with E-state index in [4.69, 9.17) is 4.74 Å². The number of para-hydroxylation sites is 1. The Morgan fingerprint density at radius 3 is 2.76 bits per heavy atom. The zero-order valence-corrected chi connectivity index (χ0v) is 22.4. The minimum Gasteiger partial charge on any atom is -0.369 e. The van der Waals surface area contributed by atoms with Crippen LogP contribution in [0.2, 0.25) is 0 Å². The van der Waals surface area contributed by atoms with Gasteiger partial charge in [0.25, 0.3) is 0 Å². The molecular formula is C31H38N2O5. The molecule has 3 aliphatic rings. The first kappa shape index (κ1) is 26.5. The van der Waals surface area contributed by atoms with E-state index in [1.165, 1.54) is 0 Å². The molecule has 3 unspecified atom stereocenters. The molecule has 7 nitrogen and oxygen atoms in total. The van der Waals surface area contributed by atoms with E-state index in [1.54, 1.807) is 0 Å². The number of rotatable bonds is 5. The van der Waals surface area contributed by atoms with Gasteiger partial charge in [-0.25, -0.2) is 0 Å². The third-order valence-electron chi connectivity index (χ3n) is 9.22. The van der Waals surface area contributed by atoms with Crippen molar-refractivity contribution in [2.75, 3.05) is 0 Å². The molecule has 0 spiro atoms. The minimum atomic E-state index is -0.602. The van der Waals surface area contributed by atoms with E-state index in [2.05, 4.69) is 42.4 Å². The van der Waals surface area contributed by atoms with Gasteiger partial charge in [0, 0.05) is 59.2 Å². The number of ether oxygens (including phenoxy) is 1. The fraction of sp³-hybridized carbons (Fsp3) is 0.548. The topological polar surface area (TPSA) is 109 Å². The fourth-order valence-electron chi connectivity index (χ4n) is 7.16. The first-order valence-corrected chi connectivity index (χ1v) is 13.9. The summed E-state index contributed by atoms with van der Waals surface area (Å²) in [6, 6.07) is 7.73. The molecule has 0 radical (unpaired) electrons. The Morgan fingerprint density at radius 1 is 1.18 bits per heavy atom. The summed E-state index contributed by atoms with van der Waals surface area (Å²) in [6.45, 7) is 5.98. The number of hydrogen-bond donors (Lipinski definition) is 2. The Labute approximate surface area is 223 Å². The Balaban J connectivity index is 1.51. The summed E-state index contributed by atoms with van der Waals surface area (Å²) in [5.74, 6) is -1.55. The van der Waals surface area contributed by atoms with Gasteiger partial charge in [0.2, 0.25) is 12.2 Å². The van der Waals surface area contributed by atoms with Crippen LogP contribution in [-0.4, -0.2) is 47.0 Å². The highest BCUT2D eigenvalue weighted by Gasteiger charge is 2.62. The highest BCUT2D eigenvalue weighted by atomic mass is 16.6. The van der Waals surface area contributed by atoms with Gasteiger partial charge in [-0.1, -0.05) is 51.1 Å². The number of H-pyrrole nitrogens is 1. The second kappa shape index (κ2) is 10.6. The predicted molar refractivity (Wildman–Crippen MR) is 144 cm³/mol. The number of carbonyl (C=O) groups excluding carboxylic acids is 4. The summed E-state index contributed by atoms with van der Waals surface area (Å²) in [5.41, 5.74) is 1.50. The quantitative estimate of drug-likeness (QED) is 0.265. The standard InChI is InChI=1S/C31H38N2O5/c1-18-7-6-9-22-28(24(35)11-12-25(36)29(37)19(2)13-18)31(3,15-26-30(22)38-26)27(33-17-34)14-20-16-32-23-10-5-4-8-21(20)23/h4-6,8-10,16-19,22,26-28,30,32H,7,11-15H2,1-3H3,(H,33,34)/t18?,19?,22?,26-,27+,28+,30+,31+/m1/s1. The number of nitrogens with one attached hydrogen (secondary N) is 2. The number of hydrogen-bond acceptors (Lipinski definition) is 5. The molecule has 1 amide bonds. The van der Waals surface area contributed by atoms with Crippen LogP contribution in [0.5, 0.6) is 0 Å². The van der Waals surface area contributed by atoms with Crippen LogP contribution in [0.1, 0.15) is 58.4 Å². The van der Waals surface area contributed by atoms with Crippen LogP contribution in [0.4, 0.5) is 0 Å². The molecule has 5 rings (SSSR count). The monoisotopic (exact) mass is 518 g/mol. The van der Waals surface area contributed by atoms with Crippen molar-refractivity contribution in [3.8, 4) is 0 Å². The van der Waals surface area contributed by atoms with Gasteiger partial charge in [0.1, 0.15) is 5.78 Å². The molecule has 2 heterocycles. The maximum atomic E-state index is 14.0. The van der Waals surface area contributed by atoms with Crippen LogP contribution >= 0.6 is 0 Å². The lowest BCUT2D eigenvalue weighted by molar-refractivity contribution is -0.140. The van der Waals surface area contributed by atoms with Crippen LogP contribution in [-0.2, 0) is 30.3 Å². The number of carbonyl (C=O) groups is 4. The van der Waals surface area contributed by atoms with Crippen LogP contribution in [0.15, 0.2) is 42.6 Å². The van der Waals surface area contributed by atoms with E-state index < -0.39 is 17.1 Å². The Morgan fingerprint density at radius 2 is 1.97 bits per heavy atom. The van der Waals surface area contributed by atoms with Gasteiger partial charge in [-0.05, 0) is 43.2 Å². The molecule has 8 atom stereocenters. The molecule has 2 aromatic rings. The lowest BCUT2D eigenvalue weighted by atomic mass is 9.56. The normalized spacial score (nSPS) is 34.9. The third-order valence-corrected chi connectivity index (χ3v) is 9.22. The Bertz CT molecular complexity index is 1260. The molecule has 1 aliphatic heterocycles. The molecule has 202 valence electrons. The number of ketones is 3. The van der Waals surface area contributed by atoms with Crippen molar-refractivity contribution in [3.63, 3.8) is 0 Å². The molecule has 1 aromatic heterocycles. The number of benzene rings is 1. The fourth-order valence-corrected chi connectivity index (χ4v) is 7.16. The molecule has 2 fully saturated rings. The van der Waals surface area contributed by atoms with Gasteiger partial charge in [-0.2, -0.15) is 0 Å². The van der Waals surface area contributed by atoms with Gasteiger partial charge in [-0.15, -0.1) is 0 Å². The number of fused-ring (bicyclic) bond motifs is 4. The minimum absolute atomic E-state index is 0.0235. The first-order chi connectivity index (χ1) is 18.2.